The molecule has 0 N–H and O–H groups in total. The third kappa shape index (κ3) is 2.78. The van der Waals surface area contributed by atoms with Crippen LogP contribution in [0.3, 0.4) is 0 Å². The minimum Gasteiger partial charge on any atom is -0.0652 e. The van der Waals surface area contributed by atoms with Gasteiger partial charge in [0.2, 0.25) is 0 Å². The van der Waals surface area contributed by atoms with Crippen molar-refractivity contribution in [1.82, 2.24) is 0 Å². The van der Waals surface area contributed by atoms with Crippen LogP contribution in [0, 0.1) is 13.8 Å². The van der Waals surface area contributed by atoms with Crippen molar-refractivity contribution in [3.05, 3.63) is 80.9 Å². The third-order valence-corrected chi connectivity index (χ3v) is 6.26. The summed E-state index contributed by atoms with van der Waals surface area (Å²) in [5, 5.41) is 0. The quantitative estimate of drug-likeness (QED) is 0.558. The van der Waals surface area contributed by atoms with Crippen molar-refractivity contribution in [2.75, 3.05) is 0 Å². The lowest BCUT2D eigenvalue weighted by molar-refractivity contribution is 0.588. The molecule has 25 heavy (non-hydrogen) atoms. The topological polar surface area (TPSA) is 0 Å². The van der Waals surface area contributed by atoms with Crippen LogP contribution in [0.25, 0.3) is 12.2 Å². The molecular formula is C25H28. The van der Waals surface area contributed by atoms with Gasteiger partial charge in [-0.05, 0) is 73.9 Å². The fourth-order valence-corrected chi connectivity index (χ4v) is 5.03. The minimum absolute atomic E-state index is 0.623. The largest absolute Gasteiger partial charge is 0.0652 e. The Morgan fingerprint density at radius 2 is 1.08 bits per heavy atom. The highest BCUT2D eigenvalue weighted by Crippen LogP contribution is 2.44. The number of rotatable bonds is 4. The molecular weight excluding hydrogens is 300 g/mol. The van der Waals surface area contributed by atoms with Crippen LogP contribution in [-0.2, 0) is 0 Å². The molecule has 0 aromatic heterocycles. The van der Waals surface area contributed by atoms with E-state index in [0.29, 0.717) is 11.8 Å². The molecule has 0 saturated carbocycles. The lowest BCUT2D eigenvalue weighted by Crippen LogP contribution is -2.04. The Morgan fingerprint density at radius 3 is 1.52 bits per heavy atom. The molecule has 2 atom stereocenters. The van der Waals surface area contributed by atoms with E-state index in [2.05, 4.69) is 76.2 Å². The Labute approximate surface area is 152 Å². The maximum atomic E-state index is 2.40. The fraction of sp³-hybridized carbons (Fsp3) is 0.360. The molecule has 0 amide bonds. The van der Waals surface area contributed by atoms with Crippen LogP contribution >= 0.6 is 0 Å². The first-order chi connectivity index (χ1) is 12.1. The molecule has 0 saturated heterocycles. The highest BCUT2D eigenvalue weighted by atomic mass is 14.3. The Kier molecular flexibility index (Phi) is 4.15. The Hall–Kier alpha value is -2.08. The zero-order valence-electron chi connectivity index (χ0n) is 15.9. The predicted molar refractivity (Wildman–Crippen MR) is 109 cm³/mol. The zero-order valence-corrected chi connectivity index (χ0v) is 15.9. The number of hydrogen-bond donors (Lipinski definition) is 0. The van der Waals surface area contributed by atoms with Gasteiger partial charge >= 0.3 is 0 Å². The van der Waals surface area contributed by atoms with Gasteiger partial charge in [-0.1, -0.05) is 66.1 Å². The van der Waals surface area contributed by atoms with Gasteiger partial charge in [-0.25, -0.2) is 0 Å². The predicted octanol–water partition coefficient (Wildman–Crippen LogP) is 7.17. The second kappa shape index (κ2) is 6.33. The van der Waals surface area contributed by atoms with Crippen molar-refractivity contribution in [1.29, 1.82) is 0 Å². The zero-order chi connectivity index (χ0) is 17.6. The van der Waals surface area contributed by atoms with Crippen molar-refractivity contribution in [3.8, 4) is 0 Å². The van der Waals surface area contributed by atoms with Crippen LogP contribution in [-0.4, -0.2) is 0 Å². The summed E-state index contributed by atoms with van der Waals surface area (Å²) in [6.07, 6.45) is 8.62. The lowest BCUT2D eigenvalue weighted by Gasteiger charge is -2.20. The maximum Gasteiger partial charge on any atom is 0.00572 e. The average molecular weight is 328 g/mol. The number of aryl methyl sites for hydroxylation is 2. The standard InChI is InChI=1S/C25H28/c1-16-8-5-10-20-14-18(3)22(24(16)20)12-7-13-23-19(4)15-21-11-6-9-17(2)25(21)23/h5-6,8-11,14-15,22-23H,7,12-13H2,1-4H3. The molecule has 0 spiro atoms. The molecule has 0 heteroatoms. The Balaban J connectivity index is 1.49. The van der Waals surface area contributed by atoms with Gasteiger partial charge in [0, 0.05) is 11.8 Å². The number of fused-ring (bicyclic) bond motifs is 2. The highest BCUT2D eigenvalue weighted by Gasteiger charge is 2.26. The lowest BCUT2D eigenvalue weighted by atomic mass is 9.84. The fourth-order valence-electron chi connectivity index (χ4n) is 5.03. The van der Waals surface area contributed by atoms with Crippen LogP contribution in [0.2, 0.25) is 0 Å². The molecule has 0 radical (unpaired) electrons. The van der Waals surface area contributed by atoms with E-state index in [4.69, 9.17) is 0 Å². The molecule has 0 heterocycles. The number of hydrogen-bond acceptors (Lipinski definition) is 0. The van der Waals surface area contributed by atoms with Crippen LogP contribution < -0.4 is 0 Å². The summed E-state index contributed by atoms with van der Waals surface area (Å²) in [5.41, 5.74) is 12.0. The number of allylic oxidation sites excluding steroid dienone is 2. The van der Waals surface area contributed by atoms with Gasteiger partial charge in [-0.3, -0.25) is 0 Å². The highest BCUT2D eigenvalue weighted by molar-refractivity contribution is 5.68. The minimum atomic E-state index is 0.623. The van der Waals surface area contributed by atoms with Gasteiger partial charge in [0.05, 0.1) is 0 Å². The van der Waals surface area contributed by atoms with Crippen molar-refractivity contribution in [2.45, 2.75) is 58.8 Å². The smallest absolute Gasteiger partial charge is 0.00572 e. The molecule has 4 rings (SSSR count). The van der Waals surface area contributed by atoms with E-state index in [0.717, 1.165) is 0 Å². The molecule has 0 aliphatic heterocycles. The summed E-state index contributed by atoms with van der Waals surface area (Å²) in [6, 6.07) is 13.5. The van der Waals surface area contributed by atoms with Crippen molar-refractivity contribution in [3.63, 3.8) is 0 Å². The van der Waals surface area contributed by atoms with E-state index in [-0.39, 0.29) is 0 Å². The summed E-state index contributed by atoms with van der Waals surface area (Å²) in [5.74, 6) is 1.25. The first-order valence-corrected chi connectivity index (χ1v) is 9.61. The Bertz CT molecular complexity index is 805. The van der Waals surface area contributed by atoms with Crippen LogP contribution in [0.15, 0.2) is 47.5 Å². The van der Waals surface area contributed by atoms with E-state index in [9.17, 15) is 0 Å². The SMILES string of the molecule is CC1=Cc2cccc(C)c2C1CCCC1C(C)=Cc2cccc(C)c21. The van der Waals surface area contributed by atoms with E-state index < -0.39 is 0 Å². The summed E-state index contributed by atoms with van der Waals surface area (Å²) < 4.78 is 0. The monoisotopic (exact) mass is 328 g/mol. The van der Waals surface area contributed by atoms with E-state index >= 15 is 0 Å². The van der Waals surface area contributed by atoms with Crippen LogP contribution in [0.4, 0.5) is 0 Å². The normalized spacial score (nSPS) is 21.0. The first kappa shape index (κ1) is 16.4. The molecule has 0 fully saturated rings. The average Bonchev–Trinajstić information content (AvgIpc) is 3.06. The van der Waals surface area contributed by atoms with Gasteiger partial charge in [-0.2, -0.15) is 0 Å². The van der Waals surface area contributed by atoms with Crippen LogP contribution in [0.1, 0.15) is 78.3 Å². The summed E-state index contributed by atoms with van der Waals surface area (Å²) in [4.78, 5) is 0. The molecule has 2 aliphatic rings. The van der Waals surface area contributed by atoms with Gasteiger partial charge < -0.3 is 0 Å². The maximum absolute atomic E-state index is 2.40. The second-order valence-corrected chi connectivity index (χ2v) is 7.97. The Morgan fingerprint density at radius 1 is 0.640 bits per heavy atom. The molecule has 0 nitrogen and oxygen atoms in total. The van der Waals surface area contributed by atoms with Gasteiger partial charge in [-0.15, -0.1) is 0 Å². The summed E-state index contributed by atoms with van der Waals surface area (Å²) in [7, 11) is 0. The molecule has 2 unspecified atom stereocenters. The van der Waals surface area contributed by atoms with Crippen molar-refractivity contribution < 1.29 is 0 Å². The first-order valence-electron chi connectivity index (χ1n) is 9.61. The second-order valence-electron chi connectivity index (χ2n) is 7.97. The van der Waals surface area contributed by atoms with Crippen molar-refractivity contribution >= 4 is 12.2 Å². The number of benzene rings is 2. The molecule has 2 aromatic carbocycles. The van der Waals surface area contributed by atoms with Crippen molar-refractivity contribution in [2.24, 2.45) is 0 Å². The third-order valence-electron chi connectivity index (χ3n) is 6.26. The van der Waals surface area contributed by atoms with Crippen LogP contribution in [0.5, 0.6) is 0 Å². The van der Waals surface area contributed by atoms with E-state index in [1.807, 2.05) is 0 Å². The van der Waals surface area contributed by atoms with Gasteiger partial charge in [0.15, 0.2) is 0 Å². The summed E-state index contributed by atoms with van der Waals surface area (Å²) >= 11 is 0. The molecule has 0 bridgehead atoms. The molecule has 128 valence electrons. The molecule has 2 aromatic rings. The summed E-state index contributed by atoms with van der Waals surface area (Å²) in [6.45, 7) is 9.15. The van der Waals surface area contributed by atoms with Gasteiger partial charge in [0.1, 0.15) is 0 Å². The van der Waals surface area contributed by atoms with Gasteiger partial charge in [0.25, 0.3) is 0 Å². The van der Waals surface area contributed by atoms with E-state index in [1.165, 1.54) is 41.5 Å². The van der Waals surface area contributed by atoms with E-state index in [1.54, 1.807) is 22.3 Å². The molecule has 2 aliphatic carbocycles.